The van der Waals surface area contributed by atoms with E-state index >= 15 is 0 Å². The maximum atomic E-state index is 13.3. The molecule has 0 atom stereocenters. The third kappa shape index (κ3) is 5.33. The molecule has 0 aromatic heterocycles. The highest BCUT2D eigenvalue weighted by Gasteiger charge is 2.31. The second-order valence-corrected chi connectivity index (χ2v) is 9.49. The van der Waals surface area contributed by atoms with Crippen molar-refractivity contribution in [2.24, 2.45) is 11.8 Å². The molecule has 3 rings (SSSR count). The van der Waals surface area contributed by atoms with Crippen LogP contribution >= 0.6 is 0 Å². The van der Waals surface area contributed by atoms with Gasteiger partial charge in [-0.2, -0.15) is 4.31 Å². The van der Waals surface area contributed by atoms with Gasteiger partial charge >= 0.3 is 5.97 Å². The minimum atomic E-state index is -3.79. The van der Waals surface area contributed by atoms with Crippen molar-refractivity contribution in [1.29, 1.82) is 0 Å². The van der Waals surface area contributed by atoms with Crippen molar-refractivity contribution in [2.45, 2.75) is 37.1 Å². The number of nitrogens with zero attached hydrogens (tertiary/aromatic N) is 1. The number of rotatable bonds is 7. The zero-order valence-corrected chi connectivity index (χ0v) is 16.8. The third-order valence-electron chi connectivity index (χ3n) is 5.45. The highest BCUT2D eigenvalue weighted by atomic mass is 32.2. The summed E-state index contributed by atoms with van der Waals surface area (Å²) < 4.78 is 41.2. The van der Waals surface area contributed by atoms with Gasteiger partial charge in [-0.1, -0.05) is 12.1 Å². The van der Waals surface area contributed by atoms with E-state index in [2.05, 4.69) is 0 Å². The van der Waals surface area contributed by atoms with Gasteiger partial charge in [0.2, 0.25) is 10.0 Å². The minimum absolute atomic E-state index is 0.0783. The summed E-state index contributed by atoms with van der Waals surface area (Å²) >= 11 is 0. The Bertz CT molecular complexity index is 938. The molecule has 1 fully saturated rings. The highest BCUT2D eigenvalue weighted by molar-refractivity contribution is 7.89. The molecular formula is C21H25FN2O4S. The topological polar surface area (TPSA) is 101 Å². The molecule has 0 bridgehead atoms. The molecule has 2 aromatic rings. The molecule has 2 aromatic carbocycles. The first-order chi connectivity index (χ1) is 13.8. The number of benzene rings is 2. The average molecular weight is 421 g/mol. The van der Waals surface area contributed by atoms with Crippen molar-refractivity contribution in [1.82, 2.24) is 4.31 Å². The number of carbonyl (C=O) groups is 1. The number of nitrogens with two attached hydrogens (primary N) is 1. The van der Waals surface area contributed by atoms with Gasteiger partial charge in [-0.15, -0.1) is 0 Å². The fourth-order valence-corrected chi connectivity index (χ4v) is 5.21. The molecule has 0 saturated heterocycles. The Kier molecular flexibility index (Phi) is 6.54. The average Bonchev–Trinajstić information content (AvgIpc) is 2.70. The van der Waals surface area contributed by atoms with Crippen LogP contribution in [-0.2, 0) is 21.4 Å². The SMILES string of the molecule is Nc1ccc(S(=O)(=O)N(Cc2ccc(F)cc2)CC2CCC(C(=O)O)CC2)cc1. The summed E-state index contributed by atoms with van der Waals surface area (Å²) in [6.07, 6.45) is 2.42. The number of nitrogen functional groups attached to an aromatic ring is 1. The first-order valence-electron chi connectivity index (χ1n) is 9.58. The number of hydrogen-bond acceptors (Lipinski definition) is 4. The number of carboxylic acids is 1. The number of sulfonamides is 1. The van der Waals surface area contributed by atoms with Crippen LogP contribution in [0.15, 0.2) is 53.4 Å². The fraction of sp³-hybridized carbons (Fsp3) is 0.381. The van der Waals surface area contributed by atoms with Crippen LogP contribution in [0, 0.1) is 17.7 Å². The monoisotopic (exact) mass is 420 g/mol. The Balaban J connectivity index is 1.82. The van der Waals surface area contributed by atoms with Crippen molar-refractivity contribution in [3.05, 3.63) is 59.9 Å². The molecule has 0 unspecified atom stereocenters. The summed E-state index contributed by atoms with van der Waals surface area (Å²) in [5.74, 6) is -1.45. The molecule has 0 spiro atoms. The molecule has 1 saturated carbocycles. The van der Waals surface area contributed by atoms with Crippen LogP contribution in [0.3, 0.4) is 0 Å². The van der Waals surface area contributed by atoms with Crippen LogP contribution in [0.1, 0.15) is 31.2 Å². The summed E-state index contributed by atoms with van der Waals surface area (Å²) in [7, 11) is -3.79. The maximum Gasteiger partial charge on any atom is 0.306 e. The Morgan fingerprint density at radius 1 is 1.03 bits per heavy atom. The first-order valence-corrected chi connectivity index (χ1v) is 11.0. The lowest BCUT2D eigenvalue weighted by molar-refractivity contribution is -0.143. The van der Waals surface area contributed by atoms with Gasteiger partial charge in [0.15, 0.2) is 0 Å². The predicted molar refractivity (Wildman–Crippen MR) is 108 cm³/mol. The van der Waals surface area contributed by atoms with Crippen molar-refractivity contribution in [3.63, 3.8) is 0 Å². The van der Waals surface area contributed by atoms with Crippen LogP contribution < -0.4 is 5.73 Å². The normalized spacial score (nSPS) is 19.9. The Labute approximate surface area is 170 Å². The van der Waals surface area contributed by atoms with Gasteiger partial charge in [0.25, 0.3) is 0 Å². The van der Waals surface area contributed by atoms with Crippen LogP contribution in [0.2, 0.25) is 0 Å². The van der Waals surface area contributed by atoms with Crippen LogP contribution in [0.4, 0.5) is 10.1 Å². The van der Waals surface area contributed by atoms with E-state index in [1.807, 2.05) is 0 Å². The van der Waals surface area contributed by atoms with Crippen LogP contribution in [0.5, 0.6) is 0 Å². The lowest BCUT2D eigenvalue weighted by atomic mass is 9.82. The number of hydrogen-bond donors (Lipinski definition) is 2. The largest absolute Gasteiger partial charge is 0.481 e. The van der Waals surface area contributed by atoms with E-state index in [4.69, 9.17) is 5.73 Å². The summed E-state index contributed by atoms with van der Waals surface area (Å²) in [5.41, 5.74) is 6.84. The lowest BCUT2D eigenvalue weighted by Crippen LogP contribution is -2.36. The van der Waals surface area contributed by atoms with Gasteiger partial charge in [0.1, 0.15) is 5.82 Å². The summed E-state index contributed by atoms with van der Waals surface area (Å²) in [4.78, 5) is 11.3. The van der Waals surface area contributed by atoms with E-state index in [0.29, 0.717) is 36.9 Å². The van der Waals surface area contributed by atoms with Crippen molar-refractivity contribution in [3.8, 4) is 0 Å². The van der Waals surface area contributed by atoms with Gasteiger partial charge in [0, 0.05) is 18.8 Å². The molecule has 0 aliphatic heterocycles. The summed E-state index contributed by atoms with van der Waals surface area (Å²) in [6.45, 7) is 0.405. The zero-order valence-electron chi connectivity index (χ0n) is 16.0. The van der Waals surface area contributed by atoms with Gasteiger partial charge in [-0.05, 0) is 73.6 Å². The second kappa shape index (κ2) is 8.92. The number of anilines is 1. The summed E-state index contributed by atoms with van der Waals surface area (Å²) in [6, 6.07) is 11.8. The molecule has 1 aliphatic carbocycles. The Hall–Kier alpha value is -2.45. The van der Waals surface area contributed by atoms with E-state index in [9.17, 15) is 22.7 Å². The van der Waals surface area contributed by atoms with Crippen molar-refractivity contribution >= 4 is 21.7 Å². The van der Waals surface area contributed by atoms with E-state index in [1.54, 1.807) is 24.3 Å². The zero-order chi connectivity index (χ0) is 21.0. The van der Waals surface area contributed by atoms with Crippen LogP contribution in [-0.4, -0.2) is 30.3 Å². The molecule has 6 nitrogen and oxygen atoms in total. The number of halogens is 1. The Morgan fingerprint density at radius 3 is 2.17 bits per heavy atom. The summed E-state index contributed by atoms with van der Waals surface area (Å²) in [5, 5.41) is 9.18. The molecule has 156 valence electrons. The fourth-order valence-electron chi connectivity index (χ4n) is 3.71. The van der Waals surface area contributed by atoms with E-state index in [-0.39, 0.29) is 35.6 Å². The maximum absolute atomic E-state index is 13.3. The molecular weight excluding hydrogens is 395 g/mol. The third-order valence-corrected chi connectivity index (χ3v) is 7.27. The smallest absolute Gasteiger partial charge is 0.306 e. The Morgan fingerprint density at radius 2 is 1.62 bits per heavy atom. The number of carboxylic acid groups (broad SMARTS) is 1. The van der Waals surface area contributed by atoms with Gasteiger partial charge in [0.05, 0.1) is 10.8 Å². The van der Waals surface area contributed by atoms with Crippen molar-refractivity contribution < 1.29 is 22.7 Å². The quantitative estimate of drug-likeness (QED) is 0.668. The highest BCUT2D eigenvalue weighted by Crippen LogP contribution is 2.31. The van der Waals surface area contributed by atoms with Crippen molar-refractivity contribution in [2.75, 3.05) is 12.3 Å². The standard InChI is InChI=1S/C21H25FN2O4S/c22-18-7-3-16(4-8-18)14-24(13-15-1-5-17(6-2-15)21(25)26)29(27,28)20-11-9-19(23)10-12-20/h3-4,7-12,15,17H,1-2,5-6,13-14,23H2,(H,25,26). The lowest BCUT2D eigenvalue weighted by Gasteiger charge is -2.31. The van der Waals surface area contributed by atoms with E-state index in [0.717, 1.165) is 0 Å². The molecule has 8 heteroatoms. The molecule has 0 heterocycles. The van der Waals surface area contributed by atoms with E-state index in [1.165, 1.54) is 28.6 Å². The van der Waals surface area contributed by atoms with E-state index < -0.39 is 16.0 Å². The van der Waals surface area contributed by atoms with Crippen LogP contribution in [0.25, 0.3) is 0 Å². The predicted octanol–water partition coefficient (Wildman–Crippen LogP) is 3.49. The first kappa shape index (κ1) is 21.3. The van der Waals surface area contributed by atoms with Gasteiger partial charge < -0.3 is 10.8 Å². The van der Waals surface area contributed by atoms with Gasteiger partial charge in [-0.25, -0.2) is 12.8 Å². The molecule has 29 heavy (non-hydrogen) atoms. The second-order valence-electron chi connectivity index (χ2n) is 7.55. The molecule has 1 aliphatic rings. The minimum Gasteiger partial charge on any atom is -0.481 e. The number of aliphatic carboxylic acids is 1. The van der Waals surface area contributed by atoms with Gasteiger partial charge in [-0.3, -0.25) is 4.79 Å². The molecule has 0 amide bonds. The molecule has 3 N–H and O–H groups in total. The molecule has 0 radical (unpaired) electrons.